The lowest BCUT2D eigenvalue weighted by molar-refractivity contribution is -0.140. The van der Waals surface area contributed by atoms with Crippen LogP contribution < -0.4 is 10.6 Å². The van der Waals surface area contributed by atoms with E-state index < -0.39 is 0 Å². The minimum Gasteiger partial charge on any atom is -0.469 e. The summed E-state index contributed by atoms with van der Waals surface area (Å²) in [6.07, 6.45) is 3.17. The number of aliphatic imine (C=N–C) groups is 1. The fraction of sp³-hybridized carbons (Fsp3) is 0.600. The van der Waals surface area contributed by atoms with Gasteiger partial charge in [0, 0.05) is 30.9 Å². The molecular formula is C15H25N3O2S. The maximum Gasteiger partial charge on any atom is 0.305 e. The number of hydrogen-bond donors (Lipinski definition) is 2. The van der Waals surface area contributed by atoms with Gasteiger partial charge in [-0.3, -0.25) is 9.79 Å². The molecule has 1 aromatic heterocycles. The van der Waals surface area contributed by atoms with Crippen LogP contribution in [-0.4, -0.2) is 38.7 Å². The van der Waals surface area contributed by atoms with Crippen molar-refractivity contribution in [2.24, 2.45) is 4.99 Å². The number of nitrogens with zero attached hydrogens (tertiary/aromatic N) is 1. The molecule has 0 amide bonds. The van der Waals surface area contributed by atoms with Gasteiger partial charge in [-0.2, -0.15) is 0 Å². The first-order valence-electron chi connectivity index (χ1n) is 7.37. The van der Waals surface area contributed by atoms with Gasteiger partial charge in [0.15, 0.2) is 5.96 Å². The Hall–Kier alpha value is -1.56. The molecule has 1 heterocycles. The minimum absolute atomic E-state index is 0.153. The van der Waals surface area contributed by atoms with Gasteiger partial charge in [-0.05, 0) is 37.6 Å². The number of ether oxygens (including phenoxy) is 1. The van der Waals surface area contributed by atoms with Crippen molar-refractivity contribution in [1.82, 2.24) is 10.6 Å². The first-order chi connectivity index (χ1) is 10.3. The second-order valence-corrected chi connectivity index (χ2v) is 5.58. The zero-order valence-corrected chi connectivity index (χ0v) is 13.7. The maximum atomic E-state index is 11.0. The molecule has 2 N–H and O–H groups in total. The van der Waals surface area contributed by atoms with Gasteiger partial charge < -0.3 is 15.4 Å². The van der Waals surface area contributed by atoms with Crippen LogP contribution in [0.1, 0.15) is 31.1 Å². The summed E-state index contributed by atoms with van der Waals surface area (Å²) in [7, 11) is 1.42. The summed E-state index contributed by atoms with van der Waals surface area (Å²) in [5, 5.41) is 8.64. The highest BCUT2D eigenvalue weighted by atomic mass is 32.1. The largest absolute Gasteiger partial charge is 0.469 e. The molecule has 0 bridgehead atoms. The van der Waals surface area contributed by atoms with E-state index in [0.29, 0.717) is 13.0 Å². The Morgan fingerprint density at radius 1 is 1.38 bits per heavy atom. The molecule has 0 saturated carbocycles. The van der Waals surface area contributed by atoms with Crippen LogP contribution in [-0.2, 0) is 16.0 Å². The minimum atomic E-state index is -0.153. The number of guanidine groups is 1. The molecule has 0 aliphatic heterocycles. The van der Waals surface area contributed by atoms with Crippen LogP contribution in [0.15, 0.2) is 22.5 Å². The number of rotatable bonds is 9. The van der Waals surface area contributed by atoms with Crippen molar-refractivity contribution in [3.05, 3.63) is 22.4 Å². The zero-order chi connectivity index (χ0) is 15.3. The number of hydrogen-bond acceptors (Lipinski definition) is 4. The molecule has 0 aliphatic rings. The Morgan fingerprint density at radius 2 is 2.24 bits per heavy atom. The lowest BCUT2D eigenvalue weighted by atomic mass is 10.2. The number of thiophene rings is 1. The molecule has 0 saturated heterocycles. The van der Waals surface area contributed by atoms with Gasteiger partial charge in [-0.25, -0.2) is 0 Å². The number of carbonyl (C=O) groups is 1. The molecule has 0 radical (unpaired) electrons. The van der Waals surface area contributed by atoms with Gasteiger partial charge in [0.05, 0.1) is 7.11 Å². The molecule has 1 aromatic rings. The van der Waals surface area contributed by atoms with Crippen molar-refractivity contribution in [2.45, 2.75) is 32.6 Å². The number of esters is 1. The summed E-state index contributed by atoms with van der Waals surface area (Å²) in [5.74, 6) is 0.687. The standard InChI is InChI=1S/C15H25N3O2S/c1-3-16-15(17-10-5-4-8-14(19)20-2)18-11-9-13-7-6-12-21-13/h6-7,12H,3-5,8-11H2,1-2H3,(H2,16,17,18). The summed E-state index contributed by atoms with van der Waals surface area (Å²) in [6.45, 7) is 4.47. The predicted molar refractivity (Wildman–Crippen MR) is 87.9 cm³/mol. The third kappa shape index (κ3) is 8.34. The van der Waals surface area contributed by atoms with Gasteiger partial charge in [0.2, 0.25) is 0 Å². The Labute approximate surface area is 130 Å². The Morgan fingerprint density at radius 3 is 2.90 bits per heavy atom. The topological polar surface area (TPSA) is 62.7 Å². The summed E-state index contributed by atoms with van der Waals surface area (Å²) in [5.41, 5.74) is 0. The lowest BCUT2D eigenvalue weighted by Crippen LogP contribution is -2.38. The molecule has 0 fully saturated rings. The molecule has 21 heavy (non-hydrogen) atoms. The third-order valence-corrected chi connectivity index (χ3v) is 3.81. The van der Waals surface area contributed by atoms with E-state index in [2.05, 4.69) is 37.9 Å². The summed E-state index contributed by atoms with van der Waals surface area (Å²) in [4.78, 5) is 16.9. The van der Waals surface area contributed by atoms with E-state index >= 15 is 0 Å². The van der Waals surface area contributed by atoms with E-state index in [-0.39, 0.29) is 5.97 Å². The molecule has 118 valence electrons. The van der Waals surface area contributed by atoms with Crippen molar-refractivity contribution in [3.63, 3.8) is 0 Å². The molecule has 0 atom stereocenters. The Bertz CT molecular complexity index is 419. The molecule has 6 heteroatoms. The normalized spacial score (nSPS) is 11.2. The highest BCUT2D eigenvalue weighted by molar-refractivity contribution is 7.09. The van der Waals surface area contributed by atoms with Crippen LogP contribution in [0, 0.1) is 0 Å². The first-order valence-corrected chi connectivity index (χ1v) is 8.25. The molecule has 0 aliphatic carbocycles. The number of carbonyl (C=O) groups excluding carboxylic acids is 1. The fourth-order valence-corrected chi connectivity index (χ4v) is 2.48. The van der Waals surface area contributed by atoms with Gasteiger partial charge >= 0.3 is 5.97 Å². The van der Waals surface area contributed by atoms with Gasteiger partial charge in [-0.1, -0.05) is 6.07 Å². The van der Waals surface area contributed by atoms with Crippen molar-refractivity contribution in [2.75, 3.05) is 26.7 Å². The Balaban J connectivity index is 2.20. The van der Waals surface area contributed by atoms with Crippen LogP contribution in [0.25, 0.3) is 0 Å². The number of methoxy groups -OCH3 is 1. The molecule has 0 aromatic carbocycles. The highest BCUT2D eigenvalue weighted by Crippen LogP contribution is 2.07. The van der Waals surface area contributed by atoms with Crippen LogP contribution in [0.5, 0.6) is 0 Å². The average molecular weight is 311 g/mol. The second kappa shape index (κ2) is 11.1. The molecule has 0 unspecified atom stereocenters. The average Bonchev–Trinajstić information content (AvgIpc) is 2.99. The van der Waals surface area contributed by atoms with Gasteiger partial charge in [0.1, 0.15) is 0 Å². The van der Waals surface area contributed by atoms with E-state index in [1.54, 1.807) is 11.3 Å². The van der Waals surface area contributed by atoms with Crippen LogP contribution >= 0.6 is 11.3 Å². The van der Waals surface area contributed by atoms with Crippen LogP contribution in [0.2, 0.25) is 0 Å². The van der Waals surface area contributed by atoms with E-state index in [4.69, 9.17) is 0 Å². The third-order valence-electron chi connectivity index (χ3n) is 2.87. The van der Waals surface area contributed by atoms with Crippen LogP contribution in [0.4, 0.5) is 0 Å². The zero-order valence-electron chi connectivity index (χ0n) is 12.9. The smallest absolute Gasteiger partial charge is 0.305 e. The fourth-order valence-electron chi connectivity index (χ4n) is 1.77. The lowest BCUT2D eigenvalue weighted by Gasteiger charge is -2.10. The van der Waals surface area contributed by atoms with Crippen molar-refractivity contribution < 1.29 is 9.53 Å². The molecule has 0 spiro atoms. The Kier molecular flexibility index (Phi) is 9.28. The number of unbranched alkanes of at least 4 members (excludes halogenated alkanes) is 1. The van der Waals surface area contributed by atoms with Gasteiger partial charge in [0.25, 0.3) is 0 Å². The molecule has 5 nitrogen and oxygen atoms in total. The monoisotopic (exact) mass is 311 g/mol. The highest BCUT2D eigenvalue weighted by Gasteiger charge is 2.00. The van der Waals surface area contributed by atoms with Gasteiger partial charge in [-0.15, -0.1) is 11.3 Å². The molecule has 1 rings (SSSR count). The quantitative estimate of drug-likeness (QED) is 0.318. The van der Waals surface area contributed by atoms with Crippen molar-refractivity contribution in [1.29, 1.82) is 0 Å². The van der Waals surface area contributed by atoms with E-state index in [9.17, 15) is 4.79 Å². The van der Waals surface area contributed by atoms with Crippen molar-refractivity contribution in [3.8, 4) is 0 Å². The van der Waals surface area contributed by atoms with E-state index in [1.807, 2.05) is 6.92 Å². The summed E-state index contributed by atoms with van der Waals surface area (Å²) < 4.78 is 4.61. The van der Waals surface area contributed by atoms with E-state index in [1.165, 1.54) is 12.0 Å². The molecular weight excluding hydrogens is 286 g/mol. The maximum absolute atomic E-state index is 11.0. The van der Waals surface area contributed by atoms with Crippen molar-refractivity contribution >= 4 is 23.3 Å². The summed E-state index contributed by atoms with van der Waals surface area (Å²) in [6, 6.07) is 4.21. The van der Waals surface area contributed by atoms with E-state index in [0.717, 1.165) is 38.3 Å². The number of nitrogens with one attached hydrogen (secondary N) is 2. The predicted octanol–water partition coefficient (Wildman–Crippen LogP) is 2.19. The first kappa shape index (κ1) is 17.5. The SMILES string of the molecule is CCNC(=NCCCCC(=O)OC)NCCc1cccs1. The van der Waals surface area contributed by atoms with Crippen LogP contribution in [0.3, 0.4) is 0 Å². The summed E-state index contributed by atoms with van der Waals surface area (Å²) >= 11 is 1.77. The second-order valence-electron chi connectivity index (χ2n) is 4.55.